The Hall–Kier alpha value is -2.70. The van der Waals surface area contributed by atoms with Gasteiger partial charge in [0.25, 0.3) is 5.91 Å². The molecule has 0 aliphatic carbocycles. The molecule has 0 spiro atoms. The Morgan fingerprint density at radius 3 is 2.79 bits per heavy atom. The molecule has 1 saturated heterocycles. The van der Waals surface area contributed by atoms with Gasteiger partial charge in [-0.2, -0.15) is 4.98 Å². The van der Waals surface area contributed by atoms with Crippen molar-refractivity contribution in [1.29, 1.82) is 0 Å². The first-order valence-corrected chi connectivity index (χ1v) is 7.88. The SMILES string of the molecule is Cc1noc(C2CCN(C(=O)c3ccc(F)c4occc34)CC2)n1. The number of carbonyl (C=O) groups is 1. The van der Waals surface area contributed by atoms with E-state index in [0.29, 0.717) is 35.8 Å². The van der Waals surface area contributed by atoms with E-state index in [0.717, 1.165) is 12.8 Å². The molecule has 0 bridgehead atoms. The van der Waals surface area contributed by atoms with Crippen LogP contribution in [0, 0.1) is 12.7 Å². The highest BCUT2D eigenvalue weighted by Gasteiger charge is 2.28. The van der Waals surface area contributed by atoms with Crippen molar-refractivity contribution in [2.45, 2.75) is 25.7 Å². The minimum Gasteiger partial charge on any atom is -0.461 e. The van der Waals surface area contributed by atoms with Gasteiger partial charge >= 0.3 is 0 Å². The van der Waals surface area contributed by atoms with Crippen LogP contribution in [-0.4, -0.2) is 34.0 Å². The molecule has 7 heteroatoms. The van der Waals surface area contributed by atoms with Crippen molar-refractivity contribution in [3.63, 3.8) is 0 Å². The normalized spacial score (nSPS) is 16.0. The summed E-state index contributed by atoms with van der Waals surface area (Å²) < 4.78 is 24.1. The third-order valence-electron chi connectivity index (χ3n) is 4.47. The Bertz CT molecular complexity index is 894. The number of benzene rings is 1. The zero-order chi connectivity index (χ0) is 16.7. The van der Waals surface area contributed by atoms with Crippen LogP contribution in [0.2, 0.25) is 0 Å². The van der Waals surface area contributed by atoms with Gasteiger partial charge in [-0.15, -0.1) is 0 Å². The quantitative estimate of drug-likeness (QED) is 0.721. The highest BCUT2D eigenvalue weighted by molar-refractivity contribution is 6.06. The summed E-state index contributed by atoms with van der Waals surface area (Å²) in [7, 11) is 0. The number of halogens is 1. The first-order valence-electron chi connectivity index (χ1n) is 7.88. The first kappa shape index (κ1) is 14.9. The number of nitrogens with zero attached hydrogens (tertiary/aromatic N) is 3. The Kier molecular flexibility index (Phi) is 3.55. The molecule has 0 N–H and O–H groups in total. The van der Waals surface area contributed by atoms with E-state index in [-0.39, 0.29) is 17.4 Å². The third kappa shape index (κ3) is 2.46. The summed E-state index contributed by atoms with van der Waals surface area (Å²) in [6, 6.07) is 4.41. The monoisotopic (exact) mass is 329 g/mol. The maximum Gasteiger partial charge on any atom is 0.254 e. The van der Waals surface area contributed by atoms with E-state index in [1.54, 1.807) is 17.9 Å². The number of aryl methyl sites for hydroxylation is 1. The fraction of sp³-hybridized carbons (Fsp3) is 0.353. The molecule has 0 radical (unpaired) electrons. The van der Waals surface area contributed by atoms with Gasteiger partial charge in [-0.1, -0.05) is 5.16 Å². The number of carbonyl (C=O) groups excluding carboxylic acids is 1. The highest BCUT2D eigenvalue weighted by atomic mass is 19.1. The average molecular weight is 329 g/mol. The van der Waals surface area contributed by atoms with E-state index < -0.39 is 5.82 Å². The molecule has 124 valence electrons. The van der Waals surface area contributed by atoms with Crippen molar-refractivity contribution in [1.82, 2.24) is 15.0 Å². The summed E-state index contributed by atoms with van der Waals surface area (Å²) in [5.41, 5.74) is 0.587. The number of amides is 1. The Morgan fingerprint density at radius 1 is 1.29 bits per heavy atom. The number of likely N-dealkylation sites (tertiary alicyclic amines) is 1. The van der Waals surface area contributed by atoms with Crippen LogP contribution in [0.25, 0.3) is 11.0 Å². The predicted molar refractivity (Wildman–Crippen MR) is 83.1 cm³/mol. The topological polar surface area (TPSA) is 72.4 Å². The summed E-state index contributed by atoms with van der Waals surface area (Å²) in [6.45, 7) is 2.99. The van der Waals surface area contributed by atoms with E-state index >= 15 is 0 Å². The molecule has 24 heavy (non-hydrogen) atoms. The summed E-state index contributed by atoms with van der Waals surface area (Å²) >= 11 is 0. The number of piperidine rings is 1. The smallest absolute Gasteiger partial charge is 0.254 e. The number of fused-ring (bicyclic) bond motifs is 1. The van der Waals surface area contributed by atoms with Crippen molar-refractivity contribution >= 4 is 16.9 Å². The van der Waals surface area contributed by atoms with Gasteiger partial charge < -0.3 is 13.8 Å². The second-order valence-electron chi connectivity index (χ2n) is 6.00. The molecule has 0 saturated carbocycles. The van der Waals surface area contributed by atoms with Crippen LogP contribution in [-0.2, 0) is 0 Å². The molecule has 3 heterocycles. The maximum absolute atomic E-state index is 13.7. The lowest BCUT2D eigenvalue weighted by molar-refractivity contribution is 0.0706. The molecule has 3 aromatic rings. The van der Waals surface area contributed by atoms with Gasteiger partial charge in [-0.05, 0) is 38.0 Å². The van der Waals surface area contributed by atoms with Crippen molar-refractivity contribution in [2.24, 2.45) is 0 Å². The van der Waals surface area contributed by atoms with Crippen molar-refractivity contribution in [3.05, 3.63) is 47.6 Å². The maximum atomic E-state index is 13.7. The number of furan rings is 1. The van der Waals surface area contributed by atoms with Crippen molar-refractivity contribution < 1.29 is 18.1 Å². The van der Waals surface area contributed by atoms with Crippen LogP contribution in [0.3, 0.4) is 0 Å². The second kappa shape index (κ2) is 5.74. The molecule has 1 aliphatic rings. The van der Waals surface area contributed by atoms with Crippen molar-refractivity contribution in [3.8, 4) is 0 Å². The molecule has 1 fully saturated rings. The summed E-state index contributed by atoms with van der Waals surface area (Å²) in [6.07, 6.45) is 2.93. The number of hydrogen-bond donors (Lipinski definition) is 0. The summed E-state index contributed by atoms with van der Waals surface area (Å²) in [5.74, 6) is 0.867. The third-order valence-corrected chi connectivity index (χ3v) is 4.47. The van der Waals surface area contributed by atoms with Gasteiger partial charge in [0.1, 0.15) is 0 Å². The average Bonchev–Trinajstić information content (AvgIpc) is 3.24. The molecule has 2 aromatic heterocycles. The van der Waals surface area contributed by atoms with Crippen molar-refractivity contribution in [2.75, 3.05) is 13.1 Å². The Balaban J connectivity index is 1.52. The molecule has 4 rings (SSSR count). The summed E-state index contributed by atoms with van der Waals surface area (Å²) in [5, 5.41) is 4.33. The molecular weight excluding hydrogens is 313 g/mol. The minimum atomic E-state index is -0.461. The van der Waals surface area contributed by atoms with E-state index in [1.807, 2.05) is 0 Å². The highest BCUT2D eigenvalue weighted by Crippen LogP contribution is 2.29. The minimum absolute atomic E-state index is 0.110. The van der Waals surface area contributed by atoms with Gasteiger partial charge in [0.2, 0.25) is 5.89 Å². The van der Waals surface area contributed by atoms with Gasteiger partial charge in [0.05, 0.1) is 11.8 Å². The van der Waals surface area contributed by atoms with Crippen LogP contribution >= 0.6 is 0 Å². The van der Waals surface area contributed by atoms with Gasteiger partial charge in [0.15, 0.2) is 17.2 Å². The van der Waals surface area contributed by atoms with Crippen LogP contribution in [0.4, 0.5) is 4.39 Å². The molecule has 0 unspecified atom stereocenters. The molecular formula is C17H16FN3O3. The molecule has 6 nitrogen and oxygen atoms in total. The number of rotatable bonds is 2. The number of hydrogen-bond acceptors (Lipinski definition) is 5. The molecule has 1 amide bonds. The fourth-order valence-electron chi connectivity index (χ4n) is 3.19. The predicted octanol–water partition coefficient (Wildman–Crippen LogP) is 3.28. The Labute approximate surface area is 137 Å². The Morgan fingerprint density at radius 2 is 2.08 bits per heavy atom. The van der Waals surface area contributed by atoms with Gasteiger partial charge in [-0.25, -0.2) is 4.39 Å². The van der Waals surface area contributed by atoms with Crippen LogP contribution < -0.4 is 0 Å². The molecule has 0 atom stereocenters. The van der Waals surface area contributed by atoms with Gasteiger partial charge in [-0.3, -0.25) is 4.79 Å². The van der Waals surface area contributed by atoms with E-state index in [2.05, 4.69) is 10.1 Å². The van der Waals surface area contributed by atoms with Gasteiger partial charge in [0, 0.05) is 24.4 Å². The van der Waals surface area contributed by atoms with Crippen LogP contribution in [0.1, 0.15) is 40.8 Å². The van der Waals surface area contributed by atoms with Crippen LogP contribution in [0.5, 0.6) is 0 Å². The lowest BCUT2D eigenvalue weighted by atomic mass is 9.96. The largest absolute Gasteiger partial charge is 0.461 e. The lowest BCUT2D eigenvalue weighted by Gasteiger charge is -2.30. The standard InChI is InChI=1S/C17H16FN3O3/c1-10-19-16(24-20-10)11-4-7-21(8-5-11)17(22)13-2-3-14(18)15-12(13)6-9-23-15/h2-3,6,9,11H,4-5,7-8H2,1H3. The molecule has 1 aromatic carbocycles. The number of aromatic nitrogens is 2. The van der Waals surface area contributed by atoms with Crippen LogP contribution in [0.15, 0.2) is 33.4 Å². The second-order valence-corrected chi connectivity index (χ2v) is 6.00. The molecule has 1 aliphatic heterocycles. The lowest BCUT2D eigenvalue weighted by Crippen LogP contribution is -2.38. The zero-order valence-corrected chi connectivity index (χ0v) is 13.2. The van der Waals surface area contributed by atoms with E-state index in [1.165, 1.54) is 18.4 Å². The zero-order valence-electron chi connectivity index (χ0n) is 13.2. The fourth-order valence-corrected chi connectivity index (χ4v) is 3.19. The summed E-state index contributed by atoms with van der Waals surface area (Å²) in [4.78, 5) is 18.8. The van der Waals surface area contributed by atoms with E-state index in [4.69, 9.17) is 8.94 Å². The first-order chi connectivity index (χ1) is 11.6. The van der Waals surface area contributed by atoms with E-state index in [9.17, 15) is 9.18 Å².